The molecule has 7 nitrogen and oxygen atoms in total. The molecule has 1 fully saturated rings. The number of hydrogen-bond acceptors (Lipinski definition) is 6. The number of benzene rings is 2. The van der Waals surface area contributed by atoms with E-state index in [-0.39, 0.29) is 11.3 Å². The van der Waals surface area contributed by atoms with Gasteiger partial charge in [-0.1, -0.05) is 19.1 Å². The van der Waals surface area contributed by atoms with Crippen molar-refractivity contribution in [2.24, 2.45) is 0 Å². The number of methoxy groups -OCH3 is 1. The van der Waals surface area contributed by atoms with Gasteiger partial charge in [-0.2, -0.15) is 0 Å². The largest absolute Gasteiger partial charge is 0.507 e. The van der Waals surface area contributed by atoms with Gasteiger partial charge < -0.3 is 19.0 Å². The van der Waals surface area contributed by atoms with Gasteiger partial charge in [-0.3, -0.25) is 14.5 Å². The molecule has 0 saturated carbocycles. The molecule has 4 rings (SSSR count). The maximum atomic E-state index is 13.3. The molecule has 34 heavy (non-hydrogen) atoms. The molecule has 2 heterocycles. The van der Waals surface area contributed by atoms with Crippen molar-refractivity contribution in [2.75, 3.05) is 18.6 Å². The van der Waals surface area contributed by atoms with E-state index < -0.39 is 17.7 Å². The summed E-state index contributed by atoms with van der Waals surface area (Å²) in [7, 11) is 1.50. The van der Waals surface area contributed by atoms with Crippen LogP contribution in [0.15, 0.2) is 64.8 Å². The number of aliphatic hydroxyl groups is 1. The molecule has 1 saturated heterocycles. The number of ketones is 1. The summed E-state index contributed by atoms with van der Waals surface area (Å²) in [6.45, 7) is 6.26. The molecular weight excluding hydrogens is 434 g/mol. The first kappa shape index (κ1) is 23.2. The van der Waals surface area contributed by atoms with Gasteiger partial charge in [-0.05, 0) is 61.7 Å². The Bertz CT molecular complexity index is 1260. The first-order chi connectivity index (χ1) is 16.4. The van der Waals surface area contributed by atoms with Gasteiger partial charge in [0.15, 0.2) is 0 Å². The van der Waals surface area contributed by atoms with E-state index in [0.29, 0.717) is 35.1 Å². The Kier molecular flexibility index (Phi) is 6.45. The number of furan rings is 1. The van der Waals surface area contributed by atoms with Crippen molar-refractivity contribution < 1.29 is 28.6 Å². The van der Waals surface area contributed by atoms with Crippen LogP contribution in [-0.4, -0.2) is 30.5 Å². The summed E-state index contributed by atoms with van der Waals surface area (Å²) in [6, 6.07) is 13.0. The Balaban J connectivity index is 1.92. The number of Topliss-reactive ketones (excluding diaryl/α,β-unsaturated/α-hetero) is 1. The van der Waals surface area contributed by atoms with Crippen molar-refractivity contribution in [1.82, 2.24) is 0 Å². The Morgan fingerprint density at radius 3 is 2.59 bits per heavy atom. The lowest BCUT2D eigenvalue weighted by Crippen LogP contribution is -2.29. The third-order valence-electron chi connectivity index (χ3n) is 5.70. The monoisotopic (exact) mass is 461 g/mol. The van der Waals surface area contributed by atoms with Crippen LogP contribution in [0, 0.1) is 13.8 Å². The predicted octanol–water partition coefficient (Wildman–Crippen LogP) is 5.32. The number of anilines is 1. The van der Waals surface area contributed by atoms with E-state index in [4.69, 9.17) is 13.9 Å². The van der Waals surface area contributed by atoms with Gasteiger partial charge >= 0.3 is 0 Å². The van der Waals surface area contributed by atoms with Gasteiger partial charge in [0.2, 0.25) is 0 Å². The molecule has 1 N–H and O–H groups in total. The molecular formula is C27H27NO6. The second-order valence-electron chi connectivity index (χ2n) is 8.19. The van der Waals surface area contributed by atoms with E-state index >= 15 is 0 Å². The number of aliphatic hydroxyl groups excluding tert-OH is 1. The third-order valence-corrected chi connectivity index (χ3v) is 5.70. The van der Waals surface area contributed by atoms with Crippen LogP contribution in [0.4, 0.5) is 5.69 Å². The molecule has 1 amide bonds. The third kappa shape index (κ3) is 4.05. The average molecular weight is 462 g/mol. The summed E-state index contributed by atoms with van der Waals surface area (Å²) in [4.78, 5) is 27.9. The molecule has 1 atom stereocenters. The summed E-state index contributed by atoms with van der Waals surface area (Å²) in [6.07, 6.45) is 2.30. The van der Waals surface area contributed by atoms with Crippen LogP contribution >= 0.6 is 0 Å². The number of ether oxygens (including phenoxy) is 2. The molecule has 176 valence electrons. The van der Waals surface area contributed by atoms with Crippen LogP contribution in [0.3, 0.4) is 0 Å². The molecule has 1 aliphatic rings. The fourth-order valence-corrected chi connectivity index (χ4v) is 4.30. The van der Waals surface area contributed by atoms with Crippen molar-refractivity contribution in [3.63, 3.8) is 0 Å². The minimum Gasteiger partial charge on any atom is -0.507 e. The number of carbonyl (C=O) groups is 2. The van der Waals surface area contributed by atoms with Crippen LogP contribution in [0.2, 0.25) is 0 Å². The molecule has 2 aromatic carbocycles. The number of amides is 1. The topological polar surface area (TPSA) is 89.2 Å². The van der Waals surface area contributed by atoms with Gasteiger partial charge in [0.25, 0.3) is 11.7 Å². The highest BCUT2D eigenvalue weighted by molar-refractivity contribution is 6.51. The first-order valence-corrected chi connectivity index (χ1v) is 11.1. The zero-order valence-corrected chi connectivity index (χ0v) is 19.6. The van der Waals surface area contributed by atoms with E-state index in [1.807, 2.05) is 26.8 Å². The quantitative estimate of drug-likeness (QED) is 0.291. The molecule has 3 aromatic rings. The number of carbonyl (C=O) groups excluding carboxylic acids is 2. The summed E-state index contributed by atoms with van der Waals surface area (Å²) in [5, 5.41) is 11.4. The maximum absolute atomic E-state index is 13.3. The maximum Gasteiger partial charge on any atom is 0.300 e. The van der Waals surface area contributed by atoms with E-state index in [9.17, 15) is 14.7 Å². The average Bonchev–Trinajstić information content (AvgIpc) is 3.44. The lowest BCUT2D eigenvalue weighted by molar-refractivity contribution is -0.132. The number of rotatable bonds is 7. The van der Waals surface area contributed by atoms with Crippen LogP contribution in [0.5, 0.6) is 11.5 Å². The molecule has 0 radical (unpaired) electrons. The zero-order valence-electron chi connectivity index (χ0n) is 19.6. The normalized spacial score (nSPS) is 17.3. The van der Waals surface area contributed by atoms with Crippen molar-refractivity contribution in [3.05, 3.63) is 82.8 Å². The molecule has 0 aliphatic carbocycles. The van der Waals surface area contributed by atoms with Gasteiger partial charge in [-0.15, -0.1) is 0 Å². The van der Waals surface area contributed by atoms with Gasteiger partial charge in [0.1, 0.15) is 29.1 Å². The number of hydrogen-bond donors (Lipinski definition) is 1. The van der Waals surface area contributed by atoms with E-state index in [1.165, 1.54) is 18.3 Å². The van der Waals surface area contributed by atoms with Crippen molar-refractivity contribution >= 4 is 23.1 Å². The van der Waals surface area contributed by atoms with Crippen molar-refractivity contribution in [2.45, 2.75) is 33.2 Å². The molecule has 1 unspecified atom stereocenters. The Hall–Kier alpha value is -4.00. The fourth-order valence-electron chi connectivity index (χ4n) is 4.30. The zero-order chi connectivity index (χ0) is 24.4. The summed E-state index contributed by atoms with van der Waals surface area (Å²) < 4.78 is 16.9. The number of nitrogens with zero attached hydrogens (tertiary/aromatic N) is 1. The fraction of sp³-hybridized carbons (Fsp3) is 0.259. The highest BCUT2D eigenvalue weighted by atomic mass is 16.5. The van der Waals surface area contributed by atoms with E-state index in [2.05, 4.69) is 0 Å². The van der Waals surface area contributed by atoms with Crippen LogP contribution in [0.25, 0.3) is 5.76 Å². The molecule has 1 aromatic heterocycles. The van der Waals surface area contributed by atoms with Crippen LogP contribution in [-0.2, 0) is 9.59 Å². The molecule has 0 bridgehead atoms. The molecule has 0 spiro atoms. The van der Waals surface area contributed by atoms with Gasteiger partial charge in [-0.25, -0.2) is 0 Å². The van der Waals surface area contributed by atoms with Gasteiger partial charge in [0, 0.05) is 11.8 Å². The number of aryl methyl sites for hydroxylation is 2. The van der Waals surface area contributed by atoms with Crippen LogP contribution in [0.1, 0.15) is 41.8 Å². The summed E-state index contributed by atoms with van der Waals surface area (Å²) >= 11 is 0. The second kappa shape index (κ2) is 9.47. The minimum atomic E-state index is -0.957. The Labute approximate surface area is 198 Å². The predicted molar refractivity (Wildman–Crippen MR) is 128 cm³/mol. The SMILES string of the molecule is CCCOc1cccc(N2C(=O)C(=O)/C(=C(\O)c3cc(C)cc(C)c3OC)C2c2ccco2)c1. The first-order valence-electron chi connectivity index (χ1n) is 11.1. The lowest BCUT2D eigenvalue weighted by atomic mass is 9.96. The second-order valence-corrected chi connectivity index (χ2v) is 8.19. The highest BCUT2D eigenvalue weighted by Crippen LogP contribution is 2.44. The Morgan fingerprint density at radius 1 is 1.12 bits per heavy atom. The minimum absolute atomic E-state index is 0.0665. The van der Waals surface area contributed by atoms with Crippen molar-refractivity contribution in [1.29, 1.82) is 0 Å². The van der Waals surface area contributed by atoms with E-state index in [1.54, 1.807) is 42.5 Å². The van der Waals surface area contributed by atoms with Crippen LogP contribution < -0.4 is 14.4 Å². The van der Waals surface area contributed by atoms with Crippen molar-refractivity contribution in [3.8, 4) is 11.5 Å². The van der Waals surface area contributed by atoms with Gasteiger partial charge in [0.05, 0.1) is 31.1 Å². The lowest BCUT2D eigenvalue weighted by Gasteiger charge is -2.24. The summed E-state index contributed by atoms with van der Waals surface area (Å²) in [5.74, 6) is -0.523. The van der Waals surface area contributed by atoms with E-state index in [0.717, 1.165) is 17.5 Å². The molecule has 1 aliphatic heterocycles. The summed E-state index contributed by atoms with van der Waals surface area (Å²) in [5.41, 5.74) is 2.42. The smallest absolute Gasteiger partial charge is 0.300 e. The highest BCUT2D eigenvalue weighted by Gasteiger charge is 2.48. The molecule has 7 heteroatoms. The standard InChI is InChI=1S/C27H27NO6/c1-5-11-33-19-9-6-8-18(15-19)28-23(21-10-7-12-34-21)22(25(30)27(28)31)24(29)20-14-16(2)13-17(3)26(20)32-4/h6-10,12-15,23,29H,5,11H2,1-4H3/b24-22-. The Morgan fingerprint density at radius 2 is 1.91 bits per heavy atom.